The fourth-order valence-electron chi connectivity index (χ4n) is 5.03. The third-order valence-electron chi connectivity index (χ3n) is 7.34. The summed E-state index contributed by atoms with van der Waals surface area (Å²) in [5.41, 5.74) is 3.77. The number of amides is 2. The number of carbonyl (C=O) groups excluding carboxylic acids is 2. The Morgan fingerprint density at radius 2 is 1.76 bits per heavy atom. The second-order valence-electron chi connectivity index (χ2n) is 10.5. The van der Waals surface area contributed by atoms with Crippen LogP contribution in [0.2, 0.25) is 0 Å². The Morgan fingerprint density at radius 1 is 0.978 bits per heavy atom. The molecule has 46 heavy (non-hydrogen) atoms. The molecule has 2 aromatic heterocycles. The number of hydrogen-bond acceptors (Lipinski definition) is 9. The molecule has 0 unspecified atom stereocenters. The molecule has 234 valence electrons. The molecule has 0 spiro atoms. The molecule has 0 aliphatic carbocycles. The Balaban J connectivity index is 1.21. The molecule has 0 saturated heterocycles. The second kappa shape index (κ2) is 14.4. The lowest BCUT2D eigenvalue weighted by molar-refractivity contribution is -0.130. The molecule has 1 N–H and O–H groups in total. The van der Waals surface area contributed by atoms with E-state index in [1.54, 1.807) is 40.2 Å². The van der Waals surface area contributed by atoms with Gasteiger partial charge in [0.15, 0.2) is 17.6 Å². The van der Waals surface area contributed by atoms with Gasteiger partial charge in [-0.3, -0.25) is 14.2 Å². The van der Waals surface area contributed by atoms with Crippen LogP contribution in [0.3, 0.4) is 0 Å². The molecule has 1 atom stereocenters. The number of carbonyl (C=O) groups is 2. The predicted octanol–water partition coefficient (Wildman–Crippen LogP) is 5.81. The smallest absolute Gasteiger partial charge is 0.258 e. The van der Waals surface area contributed by atoms with Crippen LogP contribution >= 0.6 is 23.1 Å². The number of hydrazone groups is 1. The number of benzene rings is 3. The van der Waals surface area contributed by atoms with Crippen LogP contribution in [0.4, 0.5) is 0 Å². The van der Waals surface area contributed by atoms with E-state index in [2.05, 4.69) is 39.8 Å². The Hall–Kier alpha value is -4.94. The van der Waals surface area contributed by atoms with Gasteiger partial charge in [-0.15, -0.1) is 21.5 Å². The predicted molar refractivity (Wildman–Crippen MR) is 179 cm³/mol. The van der Waals surface area contributed by atoms with Crippen molar-refractivity contribution in [3.63, 3.8) is 0 Å². The number of aromatic nitrogens is 3. The van der Waals surface area contributed by atoms with Crippen molar-refractivity contribution >= 4 is 40.6 Å². The van der Waals surface area contributed by atoms with Crippen LogP contribution in [0.1, 0.15) is 34.3 Å². The maximum absolute atomic E-state index is 13.8. The SMILES string of the molecule is COc1ccccc1-n1c(CNC(=O)COc2ccccc2)nnc1SCC(=O)N1N=C(c2cccs2)C[C@@H]1c1ccc(C)cc1. The summed E-state index contributed by atoms with van der Waals surface area (Å²) in [5, 5.41) is 20.5. The summed E-state index contributed by atoms with van der Waals surface area (Å²) in [6.45, 7) is 1.99. The molecule has 1 aliphatic rings. The number of nitrogens with zero attached hydrogens (tertiary/aromatic N) is 5. The molecule has 0 fully saturated rings. The zero-order valence-electron chi connectivity index (χ0n) is 25.3. The Bertz CT molecular complexity index is 1820. The highest BCUT2D eigenvalue weighted by Crippen LogP contribution is 2.35. The fraction of sp³-hybridized carbons (Fsp3) is 0.206. The molecule has 0 bridgehead atoms. The average Bonchev–Trinajstić information content (AvgIpc) is 3.86. The zero-order valence-corrected chi connectivity index (χ0v) is 27.0. The van der Waals surface area contributed by atoms with E-state index in [4.69, 9.17) is 14.6 Å². The molecule has 6 rings (SSSR count). The summed E-state index contributed by atoms with van der Waals surface area (Å²) in [7, 11) is 1.59. The lowest BCUT2D eigenvalue weighted by atomic mass is 10.00. The maximum atomic E-state index is 13.8. The quantitative estimate of drug-likeness (QED) is 0.169. The molecule has 5 aromatic rings. The van der Waals surface area contributed by atoms with Gasteiger partial charge in [-0.25, -0.2) is 5.01 Å². The van der Waals surface area contributed by atoms with Gasteiger partial charge in [0.05, 0.1) is 41.7 Å². The summed E-state index contributed by atoms with van der Waals surface area (Å²) in [4.78, 5) is 27.5. The average molecular weight is 653 g/mol. The molecule has 1 aliphatic heterocycles. The molecule has 0 saturated carbocycles. The van der Waals surface area contributed by atoms with E-state index in [0.717, 1.165) is 21.7 Å². The number of rotatable bonds is 12. The molecule has 3 heterocycles. The first-order valence-corrected chi connectivity index (χ1v) is 16.5. The van der Waals surface area contributed by atoms with E-state index in [1.165, 1.54) is 11.8 Å². The second-order valence-corrected chi connectivity index (χ2v) is 12.4. The normalized spacial score (nSPS) is 14.2. The van der Waals surface area contributed by atoms with Gasteiger partial charge in [-0.1, -0.05) is 78.0 Å². The number of thioether (sulfide) groups is 1. The monoisotopic (exact) mass is 652 g/mol. The number of para-hydroxylation sites is 3. The van der Waals surface area contributed by atoms with E-state index in [-0.39, 0.29) is 36.8 Å². The van der Waals surface area contributed by atoms with Crippen LogP contribution in [-0.2, 0) is 16.1 Å². The van der Waals surface area contributed by atoms with Crippen LogP contribution in [0.25, 0.3) is 5.69 Å². The zero-order chi connectivity index (χ0) is 31.9. The van der Waals surface area contributed by atoms with Gasteiger partial charge in [0.2, 0.25) is 0 Å². The van der Waals surface area contributed by atoms with Crippen LogP contribution in [0, 0.1) is 6.92 Å². The van der Waals surface area contributed by atoms with Crippen molar-refractivity contribution in [2.24, 2.45) is 5.10 Å². The van der Waals surface area contributed by atoms with Gasteiger partial charge >= 0.3 is 0 Å². The standard InChI is InChI=1S/C34H32N6O4S2/c1-23-14-16-24(17-15-23)28-19-26(30-13-8-18-45-30)38-40(28)33(42)22-46-34-37-36-31(39(34)27-11-6-7-12-29(27)43-2)20-35-32(41)21-44-25-9-4-3-5-10-25/h3-18,28H,19-22H2,1-2H3,(H,35,41)/t28-/m1/s1. The largest absolute Gasteiger partial charge is 0.495 e. The first kappa shape index (κ1) is 31.1. The fourth-order valence-corrected chi connectivity index (χ4v) is 6.57. The summed E-state index contributed by atoms with van der Waals surface area (Å²) >= 11 is 2.87. The third kappa shape index (κ3) is 7.13. The number of aryl methyl sites for hydroxylation is 1. The molecular weight excluding hydrogens is 621 g/mol. The van der Waals surface area contributed by atoms with Crippen molar-refractivity contribution < 1.29 is 19.1 Å². The summed E-state index contributed by atoms with van der Waals surface area (Å²) in [6.07, 6.45) is 0.634. The van der Waals surface area contributed by atoms with Crippen LogP contribution in [-0.4, -0.2) is 56.8 Å². The van der Waals surface area contributed by atoms with E-state index >= 15 is 0 Å². The third-order valence-corrected chi connectivity index (χ3v) is 9.17. The van der Waals surface area contributed by atoms with Gasteiger partial charge in [0, 0.05) is 6.42 Å². The van der Waals surface area contributed by atoms with Crippen molar-refractivity contribution in [2.75, 3.05) is 19.5 Å². The van der Waals surface area contributed by atoms with E-state index in [0.29, 0.717) is 34.6 Å². The number of ether oxygens (including phenoxy) is 2. The topological polar surface area (TPSA) is 111 Å². The van der Waals surface area contributed by atoms with Gasteiger partial charge < -0.3 is 14.8 Å². The van der Waals surface area contributed by atoms with Gasteiger partial charge in [0.1, 0.15) is 11.5 Å². The number of thiophene rings is 1. The minimum atomic E-state index is -0.307. The van der Waals surface area contributed by atoms with E-state index in [9.17, 15) is 9.59 Å². The van der Waals surface area contributed by atoms with Crippen LogP contribution < -0.4 is 14.8 Å². The van der Waals surface area contributed by atoms with Crippen molar-refractivity contribution in [2.45, 2.75) is 31.1 Å². The minimum absolute atomic E-state index is 0.0775. The van der Waals surface area contributed by atoms with Crippen molar-refractivity contribution in [1.82, 2.24) is 25.1 Å². The lowest BCUT2D eigenvalue weighted by Crippen LogP contribution is -2.29. The van der Waals surface area contributed by atoms with Gasteiger partial charge in [-0.2, -0.15) is 5.10 Å². The Morgan fingerprint density at radius 3 is 2.52 bits per heavy atom. The van der Waals surface area contributed by atoms with Crippen LogP contribution in [0.5, 0.6) is 11.5 Å². The molecule has 3 aromatic carbocycles. The van der Waals surface area contributed by atoms with Crippen molar-refractivity contribution in [3.05, 3.63) is 118 Å². The minimum Gasteiger partial charge on any atom is -0.495 e. The molecule has 0 radical (unpaired) electrons. The molecule has 12 heteroatoms. The summed E-state index contributed by atoms with van der Waals surface area (Å²) in [6, 6.07) is 28.6. The summed E-state index contributed by atoms with van der Waals surface area (Å²) < 4.78 is 13.0. The highest BCUT2D eigenvalue weighted by Gasteiger charge is 2.33. The number of methoxy groups -OCH3 is 1. The molecule has 10 nitrogen and oxygen atoms in total. The first-order valence-electron chi connectivity index (χ1n) is 14.6. The van der Waals surface area contributed by atoms with Crippen molar-refractivity contribution in [1.29, 1.82) is 0 Å². The van der Waals surface area contributed by atoms with Gasteiger partial charge in [-0.05, 0) is 48.2 Å². The van der Waals surface area contributed by atoms with E-state index in [1.807, 2.05) is 66.9 Å². The first-order chi connectivity index (χ1) is 22.5. The highest BCUT2D eigenvalue weighted by atomic mass is 32.2. The maximum Gasteiger partial charge on any atom is 0.258 e. The highest BCUT2D eigenvalue weighted by molar-refractivity contribution is 7.99. The van der Waals surface area contributed by atoms with Gasteiger partial charge in [0.25, 0.3) is 11.8 Å². The Kier molecular flexibility index (Phi) is 9.75. The number of hydrogen-bond donors (Lipinski definition) is 1. The van der Waals surface area contributed by atoms with E-state index < -0.39 is 0 Å². The molecule has 2 amide bonds. The van der Waals surface area contributed by atoms with Crippen molar-refractivity contribution in [3.8, 4) is 17.2 Å². The lowest BCUT2D eigenvalue weighted by Gasteiger charge is -2.22. The Labute approximate surface area is 275 Å². The summed E-state index contributed by atoms with van der Waals surface area (Å²) in [5.74, 6) is 1.30. The number of nitrogens with one attached hydrogen (secondary N) is 1. The van der Waals surface area contributed by atoms with Crippen LogP contribution in [0.15, 0.2) is 107 Å². The molecular formula is C34H32N6O4S2.